The molecule has 198 valence electrons. The third-order valence-corrected chi connectivity index (χ3v) is 7.32. The first-order chi connectivity index (χ1) is 15.0. The highest BCUT2D eigenvalue weighted by Crippen LogP contribution is 2.16. The van der Waals surface area contributed by atoms with Crippen molar-refractivity contribution in [2.75, 3.05) is 45.8 Å². The van der Waals surface area contributed by atoms with E-state index in [-0.39, 0.29) is 24.8 Å². The van der Waals surface area contributed by atoms with Gasteiger partial charge in [0, 0.05) is 5.56 Å². The van der Waals surface area contributed by atoms with Crippen LogP contribution in [0.5, 0.6) is 0 Å². The van der Waals surface area contributed by atoms with Crippen molar-refractivity contribution < 1.29 is 33.8 Å². The molecule has 0 spiro atoms. The standard InChI is InChI=1S/C16H36N.C13H22N.2ClH/c1-5-9-13-17(14-10-6-2,15-11-7-3)16-12-8-4;1-4-14(5-2,6-3)12-13-10-8-7-9-11-13;;/h5-16H2,1-4H3;7-11H,4-6,12H2,1-3H3;2*1H/q2*+1;;/p-2. The molecule has 33 heavy (non-hydrogen) atoms. The number of halogens is 2. The molecule has 0 N–H and O–H groups in total. The molecule has 1 aromatic carbocycles. The van der Waals surface area contributed by atoms with Gasteiger partial charge >= 0.3 is 0 Å². The predicted molar refractivity (Wildman–Crippen MR) is 141 cm³/mol. The van der Waals surface area contributed by atoms with Crippen molar-refractivity contribution in [2.24, 2.45) is 0 Å². The smallest absolute Gasteiger partial charge is 0.104 e. The molecule has 0 radical (unpaired) electrons. The molecule has 0 atom stereocenters. The van der Waals surface area contributed by atoms with Gasteiger partial charge in [-0.1, -0.05) is 83.7 Å². The van der Waals surface area contributed by atoms with Crippen LogP contribution in [0.15, 0.2) is 30.3 Å². The Morgan fingerprint density at radius 1 is 0.485 bits per heavy atom. The molecule has 2 nitrogen and oxygen atoms in total. The second-order valence-corrected chi connectivity index (χ2v) is 9.58. The number of unbranched alkanes of at least 4 members (excludes halogenated alkanes) is 4. The molecule has 1 rings (SSSR count). The van der Waals surface area contributed by atoms with Gasteiger partial charge in [0.2, 0.25) is 0 Å². The van der Waals surface area contributed by atoms with E-state index in [1.165, 1.54) is 118 Å². The molecule has 0 fully saturated rings. The first-order valence-corrected chi connectivity index (χ1v) is 13.7. The first-order valence-electron chi connectivity index (χ1n) is 13.7. The highest BCUT2D eigenvalue weighted by atomic mass is 35.5. The molecule has 0 aliphatic heterocycles. The molecule has 1 aromatic rings. The third kappa shape index (κ3) is 16.1. The average molecular weight is 506 g/mol. The van der Waals surface area contributed by atoms with Gasteiger partial charge in [-0.05, 0) is 46.5 Å². The Bertz CT molecular complexity index is 458. The van der Waals surface area contributed by atoms with E-state index < -0.39 is 0 Å². The van der Waals surface area contributed by atoms with Crippen LogP contribution in [0.25, 0.3) is 0 Å². The SMILES string of the molecule is CCCC[N+](CCCC)(CCCC)CCCC.CC[N+](CC)(CC)Cc1ccccc1.[Cl-].[Cl-]. The molecular weight excluding hydrogens is 447 g/mol. The van der Waals surface area contributed by atoms with Gasteiger partial charge in [0.15, 0.2) is 0 Å². The second kappa shape index (κ2) is 23.5. The fourth-order valence-corrected chi connectivity index (χ4v) is 4.62. The number of hydrogen-bond donors (Lipinski definition) is 0. The van der Waals surface area contributed by atoms with Gasteiger partial charge in [-0.2, -0.15) is 0 Å². The van der Waals surface area contributed by atoms with Crippen molar-refractivity contribution >= 4 is 0 Å². The summed E-state index contributed by atoms with van der Waals surface area (Å²) in [5.74, 6) is 0. The zero-order valence-corrected chi connectivity index (χ0v) is 24.9. The first kappa shape index (κ1) is 37.3. The lowest BCUT2D eigenvalue weighted by Gasteiger charge is -2.39. The summed E-state index contributed by atoms with van der Waals surface area (Å²) in [6.07, 6.45) is 11.1. The number of rotatable bonds is 17. The summed E-state index contributed by atoms with van der Waals surface area (Å²) < 4.78 is 2.62. The maximum Gasteiger partial charge on any atom is 0.104 e. The van der Waals surface area contributed by atoms with Crippen LogP contribution in [0.1, 0.15) is 105 Å². The molecule has 0 aromatic heterocycles. The number of benzene rings is 1. The lowest BCUT2D eigenvalue weighted by atomic mass is 10.1. The topological polar surface area (TPSA) is 0 Å². The minimum atomic E-state index is 0. The minimum Gasteiger partial charge on any atom is -1.00 e. The van der Waals surface area contributed by atoms with Crippen molar-refractivity contribution in [2.45, 2.75) is 106 Å². The predicted octanol–water partition coefficient (Wildman–Crippen LogP) is 2.07. The average Bonchev–Trinajstić information content (AvgIpc) is 2.83. The second-order valence-electron chi connectivity index (χ2n) is 9.58. The lowest BCUT2D eigenvalue weighted by molar-refractivity contribution is -0.936. The zero-order valence-electron chi connectivity index (χ0n) is 23.4. The van der Waals surface area contributed by atoms with Gasteiger partial charge in [0.25, 0.3) is 0 Å². The van der Waals surface area contributed by atoms with Gasteiger partial charge in [-0.3, -0.25) is 0 Å². The van der Waals surface area contributed by atoms with Gasteiger partial charge in [-0.15, -0.1) is 0 Å². The molecule has 0 saturated carbocycles. The van der Waals surface area contributed by atoms with Crippen LogP contribution >= 0.6 is 0 Å². The molecule has 0 aliphatic rings. The van der Waals surface area contributed by atoms with Gasteiger partial charge in [0.1, 0.15) is 6.54 Å². The number of hydrogen-bond acceptors (Lipinski definition) is 0. The third-order valence-electron chi connectivity index (χ3n) is 7.32. The minimum absolute atomic E-state index is 0. The van der Waals surface area contributed by atoms with Crippen LogP contribution in [-0.4, -0.2) is 54.8 Å². The van der Waals surface area contributed by atoms with Crippen molar-refractivity contribution in [3.63, 3.8) is 0 Å². The molecule has 0 aliphatic carbocycles. The highest BCUT2D eigenvalue weighted by molar-refractivity contribution is 5.13. The summed E-state index contributed by atoms with van der Waals surface area (Å²) in [5.41, 5.74) is 1.46. The van der Waals surface area contributed by atoms with E-state index >= 15 is 0 Å². The molecule has 0 heterocycles. The van der Waals surface area contributed by atoms with E-state index in [9.17, 15) is 0 Å². The van der Waals surface area contributed by atoms with Crippen molar-refractivity contribution in [3.8, 4) is 0 Å². The van der Waals surface area contributed by atoms with E-state index in [0.29, 0.717) is 0 Å². The molecule has 0 bridgehead atoms. The molecule has 0 saturated heterocycles. The van der Waals surface area contributed by atoms with Gasteiger partial charge < -0.3 is 33.8 Å². The summed E-state index contributed by atoms with van der Waals surface area (Å²) in [5, 5.41) is 0. The summed E-state index contributed by atoms with van der Waals surface area (Å²) in [4.78, 5) is 0. The van der Waals surface area contributed by atoms with Crippen LogP contribution in [0.4, 0.5) is 0 Å². The lowest BCUT2D eigenvalue weighted by Crippen LogP contribution is -3.00. The molecule has 4 heteroatoms. The van der Waals surface area contributed by atoms with E-state index in [4.69, 9.17) is 0 Å². The van der Waals surface area contributed by atoms with Gasteiger partial charge in [0.05, 0.1) is 45.8 Å². The van der Waals surface area contributed by atoms with Crippen molar-refractivity contribution in [1.29, 1.82) is 0 Å². The number of nitrogens with zero attached hydrogens (tertiary/aromatic N) is 2. The zero-order chi connectivity index (χ0) is 23.4. The normalized spacial score (nSPS) is 11.1. The Morgan fingerprint density at radius 3 is 1.09 bits per heavy atom. The molecular formula is C29H58Cl2N2. The summed E-state index contributed by atoms with van der Waals surface area (Å²) in [6, 6.07) is 10.8. The van der Waals surface area contributed by atoms with Crippen LogP contribution in [0.2, 0.25) is 0 Å². The Balaban J connectivity index is -0.000000521. The van der Waals surface area contributed by atoms with Crippen LogP contribution in [0.3, 0.4) is 0 Å². The van der Waals surface area contributed by atoms with Crippen LogP contribution in [-0.2, 0) is 6.54 Å². The van der Waals surface area contributed by atoms with Crippen molar-refractivity contribution in [3.05, 3.63) is 35.9 Å². The van der Waals surface area contributed by atoms with Crippen LogP contribution < -0.4 is 24.8 Å². The Kier molecular flexibility index (Phi) is 26.5. The fraction of sp³-hybridized carbons (Fsp3) is 0.793. The summed E-state index contributed by atoms with van der Waals surface area (Å²) in [6.45, 7) is 26.7. The maximum atomic E-state index is 2.33. The molecule has 0 amide bonds. The largest absolute Gasteiger partial charge is 1.00 e. The monoisotopic (exact) mass is 504 g/mol. The Hall–Kier alpha value is -0.280. The molecule has 0 unspecified atom stereocenters. The summed E-state index contributed by atoms with van der Waals surface area (Å²) >= 11 is 0. The van der Waals surface area contributed by atoms with Gasteiger partial charge in [-0.25, -0.2) is 0 Å². The van der Waals surface area contributed by atoms with E-state index in [2.05, 4.69) is 78.8 Å². The van der Waals surface area contributed by atoms with E-state index in [1.807, 2.05) is 0 Å². The fourth-order valence-electron chi connectivity index (χ4n) is 4.62. The van der Waals surface area contributed by atoms with Crippen molar-refractivity contribution in [1.82, 2.24) is 0 Å². The quantitative estimate of drug-likeness (QED) is 0.285. The van der Waals surface area contributed by atoms with E-state index in [0.717, 1.165) is 0 Å². The number of quaternary nitrogens is 2. The highest BCUT2D eigenvalue weighted by Gasteiger charge is 2.24. The van der Waals surface area contributed by atoms with E-state index in [1.54, 1.807) is 0 Å². The Morgan fingerprint density at radius 2 is 0.818 bits per heavy atom. The summed E-state index contributed by atoms with van der Waals surface area (Å²) in [7, 11) is 0. The Labute approximate surface area is 221 Å². The maximum absolute atomic E-state index is 2.33. The van der Waals surface area contributed by atoms with Crippen LogP contribution in [0, 0.1) is 0 Å².